The van der Waals surface area contributed by atoms with Crippen LogP contribution in [0.5, 0.6) is 0 Å². The molecule has 0 aromatic heterocycles. The van der Waals surface area contributed by atoms with Crippen LogP contribution in [0.25, 0.3) is 0 Å². The molecule has 4 aliphatic rings. The fourth-order valence-electron chi connectivity index (χ4n) is 5.54. The fraction of sp³-hybridized carbons (Fsp3) is 0.579. The molecule has 1 aromatic rings. The number of methoxy groups -OCH3 is 1. The van der Waals surface area contributed by atoms with Crippen molar-refractivity contribution in [2.75, 3.05) is 7.11 Å². The smallest absolute Gasteiger partial charge is 0.338 e. The molecule has 0 heterocycles. The lowest BCUT2D eigenvalue weighted by Crippen LogP contribution is -2.59. The average Bonchev–Trinajstić information content (AvgIpc) is 2.52. The molecule has 4 saturated carbocycles. The molecule has 0 spiro atoms. The van der Waals surface area contributed by atoms with E-state index in [9.17, 15) is 9.59 Å². The Kier molecular flexibility index (Phi) is 3.43. The highest BCUT2D eigenvalue weighted by Crippen LogP contribution is 2.55. The Bertz CT molecular complexity index is 616. The molecule has 4 heteroatoms. The van der Waals surface area contributed by atoms with Crippen molar-refractivity contribution in [2.24, 2.45) is 17.8 Å². The molecular formula is C19H23NO3. The van der Waals surface area contributed by atoms with Crippen molar-refractivity contribution in [1.29, 1.82) is 0 Å². The first-order valence-electron chi connectivity index (χ1n) is 8.58. The van der Waals surface area contributed by atoms with E-state index in [1.54, 1.807) is 24.3 Å². The van der Waals surface area contributed by atoms with E-state index in [2.05, 4.69) is 5.32 Å². The Balaban J connectivity index is 1.58. The van der Waals surface area contributed by atoms with Crippen LogP contribution in [0.4, 0.5) is 0 Å². The summed E-state index contributed by atoms with van der Waals surface area (Å²) in [5.41, 5.74) is 0.724. The summed E-state index contributed by atoms with van der Waals surface area (Å²) in [7, 11) is 1.34. The second kappa shape index (κ2) is 5.36. The Hall–Kier alpha value is -1.84. The Morgan fingerprint density at radius 2 is 1.52 bits per heavy atom. The van der Waals surface area contributed by atoms with Gasteiger partial charge in [-0.25, -0.2) is 4.79 Å². The molecule has 1 amide bonds. The van der Waals surface area contributed by atoms with E-state index in [1.165, 1.54) is 26.4 Å². The fourth-order valence-corrected chi connectivity index (χ4v) is 5.54. The molecule has 4 nitrogen and oxygen atoms in total. The van der Waals surface area contributed by atoms with Gasteiger partial charge in [-0.2, -0.15) is 0 Å². The van der Waals surface area contributed by atoms with Gasteiger partial charge in [0.1, 0.15) is 0 Å². The van der Waals surface area contributed by atoms with Gasteiger partial charge in [0.2, 0.25) is 0 Å². The minimum atomic E-state index is -0.457. The Morgan fingerprint density at radius 1 is 1.00 bits per heavy atom. The number of amides is 1. The predicted octanol–water partition coefficient (Wildman–Crippen LogP) is 3.17. The zero-order valence-electron chi connectivity index (χ0n) is 13.5. The van der Waals surface area contributed by atoms with Crippen molar-refractivity contribution in [2.45, 2.75) is 44.1 Å². The molecular weight excluding hydrogens is 290 g/mol. The molecule has 23 heavy (non-hydrogen) atoms. The maximum atomic E-state index is 12.9. The second-order valence-electron chi connectivity index (χ2n) is 7.69. The van der Waals surface area contributed by atoms with Crippen LogP contribution in [0.15, 0.2) is 24.3 Å². The maximum absolute atomic E-state index is 12.9. The van der Waals surface area contributed by atoms with E-state index in [-0.39, 0.29) is 11.4 Å². The minimum Gasteiger partial charge on any atom is -0.465 e. The van der Waals surface area contributed by atoms with E-state index < -0.39 is 5.97 Å². The Morgan fingerprint density at radius 3 is 2.04 bits per heavy atom. The summed E-state index contributed by atoms with van der Waals surface area (Å²) >= 11 is 0. The Labute approximate surface area is 136 Å². The third-order valence-corrected chi connectivity index (χ3v) is 5.99. The summed E-state index contributed by atoms with van der Waals surface area (Å²) < 4.78 is 4.80. The van der Waals surface area contributed by atoms with Crippen molar-refractivity contribution in [1.82, 2.24) is 5.32 Å². The third kappa shape index (κ3) is 2.54. The molecule has 4 fully saturated rings. The largest absolute Gasteiger partial charge is 0.465 e. The number of ether oxygens (including phenoxy) is 1. The van der Waals surface area contributed by atoms with Gasteiger partial charge in [-0.1, -0.05) is 12.1 Å². The number of carbonyl (C=O) groups is 2. The van der Waals surface area contributed by atoms with Crippen LogP contribution in [0, 0.1) is 17.8 Å². The first kappa shape index (κ1) is 14.7. The standard InChI is InChI=1S/C19H23NO3/c1-23-18(22)16-5-3-2-4-15(16)17(21)20-19-9-12-6-13(10-19)8-14(7-12)11-19/h2-5,12-14H,6-11H2,1H3,(H,20,21). The normalized spacial score (nSPS) is 34.2. The lowest BCUT2D eigenvalue weighted by atomic mass is 9.53. The summed E-state index contributed by atoms with van der Waals surface area (Å²) in [6, 6.07) is 6.91. The van der Waals surface area contributed by atoms with E-state index in [4.69, 9.17) is 4.74 Å². The zero-order valence-corrected chi connectivity index (χ0v) is 13.5. The lowest BCUT2D eigenvalue weighted by molar-refractivity contribution is -0.0167. The summed E-state index contributed by atoms with van der Waals surface area (Å²) in [4.78, 5) is 24.8. The predicted molar refractivity (Wildman–Crippen MR) is 86.2 cm³/mol. The van der Waals surface area contributed by atoms with Gasteiger partial charge in [0.05, 0.1) is 18.2 Å². The summed E-state index contributed by atoms with van der Waals surface area (Å²) in [5.74, 6) is 1.74. The quantitative estimate of drug-likeness (QED) is 0.872. The van der Waals surface area contributed by atoms with Crippen LogP contribution in [-0.2, 0) is 4.74 Å². The van der Waals surface area contributed by atoms with Crippen molar-refractivity contribution in [3.63, 3.8) is 0 Å². The highest BCUT2D eigenvalue weighted by molar-refractivity contribution is 6.05. The van der Waals surface area contributed by atoms with Gasteiger partial charge in [0.15, 0.2) is 0 Å². The first-order valence-corrected chi connectivity index (χ1v) is 8.58. The topological polar surface area (TPSA) is 55.4 Å². The van der Waals surface area contributed by atoms with E-state index >= 15 is 0 Å². The van der Waals surface area contributed by atoms with Crippen molar-refractivity contribution in [3.05, 3.63) is 35.4 Å². The summed E-state index contributed by atoms with van der Waals surface area (Å²) in [6.45, 7) is 0. The van der Waals surface area contributed by atoms with E-state index in [0.29, 0.717) is 11.1 Å². The van der Waals surface area contributed by atoms with Crippen LogP contribution in [-0.4, -0.2) is 24.5 Å². The van der Waals surface area contributed by atoms with Gasteiger partial charge in [-0.3, -0.25) is 4.79 Å². The lowest BCUT2D eigenvalue weighted by Gasteiger charge is -2.56. The van der Waals surface area contributed by atoms with Crippen LogP contribution in [0.2, 0.25) is 0 Å². The maximum Gasteiger partial charge on any atom is 0.338 e. The third-order valence-electron chi connectivity index (χ3n) is 5.99. The monoisotopic (exact) mass is 313 g/mol. The number of nitrogens with one attached hydrogen (secondary N) is 1. The van der Waals surface area contributed by atoms with Crippen LogP contribution in [0.3, 0.4) is 0 Å². The SMILES string of the molecule is COC(=O)c1ccccc1C(=O)NC12CC3CC(CC(C3)C1)C2. The molecule has 1 N–H and O–H groups in total. The van der Waals surface area contributed by atoms with Gasteiger partial charge in [0.25, 0.3) is 5.91 Å². The number of esters is 1. The highest BCUT2D eigenvalue weighted by atomic mass is 16.5. The van der Waals surface area contributed by atoms with Gasteiger partial charge in [-0.05, 0) is 68.4 Å². The number of rotatable bonds is 3. The van der Waals surface area contributed by atoms with E-state index in [1.807, 2.05) is 0 Å². The number of carbonyl (C=O) groups excluding carboxylic acids is 2. The van der Waals surface area contributed by atoms with Gasteiger partial charge in [-0.15, -0.1) is 0 Å². The molecule has 4 aliphatic carbocycles. The number of hydrogen-bond acceptors (Lipinski definition) is 3. The van der Waals surface area contributed by atoms with Crippen LogP contribution >= 0.6 is 0 Å². The molecule has 0 saturated heterocycles. The molecule has 0 unspecified atom stereocenters. The van der Waals surface area contributed by atoms with Crippen molar-refractivity contribution >= 4 is 11.9 Å². The molecule has 122 valence electrons. The molecule has 0 atom stereocenters. The number of hydrogen-bond donors (Lipinski definition) is 1. The summed E-state index contributed by atoms with van der Waals surface area (Å²) in [6.07, 6.45) is 7.33. The number of benzene rings is 1. The minimum absolute atomic E-state index is 0.0466. The van der Waals surface area contributed by atoms with Crippen LogP contribution in [0.1, 0.15) is 59.2 Å². The molecule has 0 aliphatic heterocycles. The first-order chi connectivity index (χ1) is 11.1. The van der Waals surface area contributed by atoms with Crippen molar-refractivity contribution < 1.29 is 14.3 Å². The molecule has 0 radical (unpaired) electrons. The molecule has 5 rings (SSSR count). The second-order valence-corrected chi connectivity index (χ2v) is 7.69. The van der Waals surface area contributed by atoms with Gasteiger partial charge < -0.3 is 10.1 Å². The van der Waals surface area contributed by atoms with Gasteiger partial charge >= 0.3 is 5.97 Å². The molecule has 1 aromatic carbocycles. The summed E-state index contributed by atoms with van der Waals surface area (Å²) in [5, 5.41) is 3.31. The molecule has 4 bridgehead atoms. The van der Waals surface area contributed by atoms with E-state index in [0.717, 1.165) is 37.0 Å². The van der Waals surface area contributed by atoms with Crippen LogP contribution < -0.4 is 5.32 Å². The van der Waals surface area contributed by atoms with Crippen molar-refractivity contribution in [3.8, 4) is 0 Å². The highest BCUT2D eigenvalue weighted by Gasteiger charge is 2.51. The average molecular weight is 313 g/mol. The van der Waals surface area contributed by atoms with Gasteiger partial charge in [0, 0.05) is 5.54 Å². The zero-order chi connectivity index (χ0) is 16.0.